The van der Waals surface area contributed by atoms with Crippen LogP contribution in [0.15, 0.2) is 29.3 Å². The lowest BCUT2D eigenvalue weighted by Crippen LogP contribution is -2.15. The SMILES string of the molecule is COc1ccc(N=C2CCCC2C(C)=O)cc1. The Bertz CT molecular complexity index is 434. The summed E-state index contributed by atoms with van der Waals surface area (Å²) in [5.74, 6) is 1.09. The number of carbonyl (C=O) groups is 1. The van der Waals surface area contributed by atoms with E-state index in [0.29, 0.717) is 0 Å². The number of rotatable bonds is 3. The van der Waals surface area contributed by atoms with E-state index in [1.54, 1.807) is 14.0 Å². The first-order valence-electron chi connectivity index (χ1n) is 5.92. The van der Waals surface area contributed by atoms with Crippen LogP contribution in [0.2, 0.25) is 0 Å². The number of nitrogens with zero attached hydrogens (tertiary/aromatic N) is 1. The van der Waals surface area contributed by atoms with E-state index in [9.17, 15) is 4.79 Å². The van der Waals surface area contributed by atoms with Crippen molar-refractivity contribution in [2.45, 2.75) is 26.2 Å². The summed E-state index contributed by atoms with van der Waals surface area (Å²) < 4.78 is 5.10. The topological polar surface area (TPSA) is 38.7 Å². The molecule has 1 aliphatic rings. The second kappa shape index (κ2) is 5.13. The largest absolute Gasteiger partial charge is 0.497 e. The van der Waals surface area contributed by atoms with Crippen LogP contribution in [0.25, 0.3) is 0 Å². The van der Waals surface area contributed by atoms with E-state index < -0.39 is 0 Å². The quantitative estimate of drug-likeness (QED) is 0.801. The summed E-state index contributed by atoms with van der Waals surface area (Å²) in [5, 5.41) is 0. The van der Waals surface area contributed by atoms with Gasteiger partial charge in [-0.05, 0) is 50.5 Å². The van der Waals surface area contributed by atoms with Gasteiger partial charge in [-0.15, -0.1) is 0 Å². The van der Waals surface area contributed by atoms with Gasteiger partial charge >= 0.3 is 0 Å². The molecule has 17 heavy (non-hydrogen) atoms. The molecule has 1 atom stereocenters. The Hall–Kier alpha value is -1.64. The maximum absolute atomic E-state index is 11.4. The molecule has 0 N–H and O–H groups in total. The van der Waals surface area contributed by atoms with Gasteiger partial charge in [-0.2, -0.15) is 0 Å². The summed E-state index contributed by atoms with van der Waals surface area (Å²) in [4.78, 5) is 16.0. The van der Waals surface area contributed by atoms with Crippen molar-refractivity contribution in [3.05, 3.63) is 24.3 Å². The van der Waals surface area contributed by atoms with Gasteiger partial charge in [-0.25, -0.2) is 0 Å². The maximum Gasteiger partial charge on any atom is 0.138 e. The molecule has 2 rings (SSSR count). The Morgan fingerprint density at radius 1 is 1.35 bits per heavy atom. The first-order chi connectivity index (χ1) is 8.20. The standard InChI is InChI=1S/C14H17NO2/c1-10(16)13-4-3-5-14(13)15-11-6-8-12(17-2)9-7-11/h6-9,13H,3-5H2,1-2H3. The van der Waals surface area contributed by atoms with Crippen LogP contribution in [0.1, 0.15) is 26.2 Å². The second-order valence-corrected chi connectivity index (χ2v) is 4.36. The van der Waals surface area contributed by atoms with Crippen molar-refractivity contribution in [3.63, 3.8) is 0 Å². The fourth-order valence-electron chi connectivity index (χ4n) is 2.22. The van der Waals surface area contributed by atoms with Gasteiger partial charge in [0.05, 0.1) is 18.7 Å². The minimum absolute atomic E-state index is 0.0390. The van der Waals surface area contributed by atoms with Crippen molar-refractivity contribution >= 4 is 17.2 Å². The summed E-state index contributed by atoms with van der Waals surface area (Å²) in [6, 6.07) is 7.61. The number of hydrogen-bond acceptors (Lipinski definition) is 3. The highest BCUT2D eigenvalue weighted by atomic mass is 16.5. The highest BCUT2D eigenvalue weighted by molar-refractivity contribution is 6.06. The molecule has 1 fully saturated rings. The fraction of sp³-hybridized carbons (Fsp3) is 0.429. The molecule has 0 saturated heterocycles. The van der Waals surface area contributed by atoms with Crippen molar-refractivity contribution in [2.75, 3.05) is 7.11 Å². The van der Waals surface area contributed by atoms with Crippen LogP contribution < -0.4 is 4.74 Å². The zero-order valence-corrected chi connectivity index (χ0v) is 10.3. The number of ketones is 1. The third kappa shape index (κ3) is 2.73. The molecule has 1 aliphatic carbocycles. The van der Waals surface area contributed by atoms with Crippen LogP contribution >= 0.6 is 0 Å². The first-order valence-corrected chi connectivity index (χ1v) is 5.92. The average molecular weight is 231 g/mol. The minimum Gasteiger partial charge on any atom is -0.497 e. The zero-order valence-electron chi connectivity index (χ0n) is 10.3. The first kappa shape index (κ1) is 11.8. The number of methoxy groups -OCH3 is 1. The predicted molar refractivity (Wildman–Crippen MR) is 68.1 cm³/mol. The number of aliphatic imine (C=N–C) groups is 1. The van der Waals surface area contributed by atoms with Crippen molar-refractivity contribution < 1.29 is 9.53 Å². The molecule has 0 aromatic heterocycles. The summed E-state index contributed by atoms with van der Waals surface area (Å²) >= 11 is 0. The van der Waals surface area contributed by atoms with E-state index in [1.807, 2.05) is 24.3 Å². The number of benzene rings is 1. The van der Waals surface area contributed by atoms with Crippen molar-refractivity contribution in [3.8, 4) is 5.75 Å². The van der Waals surface area contributed by atoms with Crippen LogP contribution in [0.3, 0.4) is 0 Å². The number of carbonyl (C=O) groups excluding carboxylic acids is 1. The van der Waals surface area contributed by atoms with Gasteiger partial charge in [0.1, 0.15) is 11.5 Å². The van der Waals surface area contributed by atoms with Crippen LogP contribution in [0.4, 0.5) is 5.69 Å². The van der Waals surface area contributed by atoms with Gasteiger partial charge in [0.25, 0.3) is 0 Å². The highest BCUT2D eigenvalue weighted by Gasteiger charge is 2.26. The Kier molecular flexibility index (Phi) is 3.57. The van der Waals surface area contributed by atoms with Crippen LogP contribution in [-0.2, 0) is 4.79 Å². The predicted octanol–water partition coefficient (Wildman–Crippen LogP) is 3.16. The molecule has 1 saturated carbocycles. The van der Waals surface area contributed by atoms with E-state index in [2.05, 4.69) is 4.99 Å². The number of Topliss-reactive ketones (excluding diaryl/α,β-unsaturated/α-hetero) is 1. The Morgan fingerprint density at radius 3 is 2.65 bits per heavy atom. The monoisotopic (exact) mass is 231 g/mol. The van der Waals surface area contributed by atoms with E-state index in [-0.39, 0.29) is 11.7 Å². The van der Waals surface area contributed by atoms with E-state index in [1.165, 1.54) is 0 Å². The summed E-state index contributed by atoms with van der Waals surface area (Å²) in [7, 11) is 1.64. The van der Waals surface area contributed by atoms with E-state index in [0.717, 1.165) is 36.4 Å². The van der Waals surface area contributed by atoms with Crippen LogP contribution in [0.5, 0.6) is 5.75 Å². The lowest BCUT2D eigenvalue weighted by atomic mass is 10.0. The molecule has 3 heteroatoms. The molecule has 0 radical (unpaired) electrons. The molecule has 1 aromatic carbocycles. The molecule has 0 heterocycles. The molecular weight excluding hydrogens is 214 g/mol. The molecule has 0 aliphatic heterocycles. The fourth-order valence-corrected chi connectivity index (χ4v) is 2.22. The summed E-state index contributed by atoms with van der Waals surface area (Å²) in [5.41, 5.74) is 1.93. The maximum atomic E-state index is 11.4. The number of ether oxygens (including phenoxy) is 1. The van der Waals surface area contributed by atoms with E-state index in [4.69, 9.17) is 4.74 Å². The van der Waals surface area contributed by atoms with Crippen molar-refractivity contribution in [1.82, 2.24) is 0 Å². The molecule has 0 spiro atoms. The van der Waals surface area contributed by atoms with Gasteiger partial charge in [0.15, 0.2) is 0 Å². The van der Waals surface area contributed by atoms with Crippen LogP contribution in [0, 0.1) is 5.92 Å². The van der Waals surface area contributed by atoms with Crippen molar-refractivity contribution in [1.29, 1.82) is 0 Å². The Balaban J connectivity index is 2.19. The van der Waals surface area contributed by atoms with Gasteiger partial charge in [-0.3, -0.25) is 9.79 Å². The smallest absolute Gasteiger partial charge is 0.138 e. The normalized spacial score (nSPS) is 21.8. The van der Waals surface area contributed by atoms with Gasteiger partial charge in [0.2, 0.25) is 0 Å². The molecule has 1 aromatic rings. The average Bonchev–Trinajstić information content (AvgIpc) is 2.78. The number of hydrogen-bond donors (Lipinski definition) is 0. The second-order valence-electron chi connectivity index (χ2n) is 4.36. The minimum atomic E-state index is 0.0390. The molecule has 0 amide bonds. The molecule has 1 unspecified atom stereocenters. The summed E-state index contributed by atoms with van der Waals surface area (Å²) in [6.07, 6.45) is 2.96. The molecule has 0 bridgehead atoms. The molecule has 3 nitrogen and oxygen atoms in total. The molecular formula is C14H17NO2. The van der Waals surface area contributed by atoms with Crippen molar-refractivity contribution in [2.24, 2.45) is 10.9 Å². The van der Waals surface area contributed by atoms with Gasteiger partial charge < -0.3 is 4.74 Å². The van der Waals surface area contributed by atoms with Crippen LogP contribution in [-0.4, -0.2) is 18.6 Å². The third-order valence-electron chi connectivity index (χ3n) is 3.16. The lowest BCUT2D eigenvalue weighted by molar-refractivity contribution is -0.118. The highest BCUT2D eigenvalue weighted by Crippen LogP contribution is 2.27. The lowest BCUT2D eigenvalue weighted by Gasteiger charge is -2.06. The van der Waals surface area contributed by atoms with E-state index >= 15 is 0 Å². The summed E-state index contributed by atoms with van der Waals surface area (Å²) in [6.45, 7) is 1.65. The third-order valence-corrected chi connectivity index (χ3v) is 3.16. The Morgan fingerprint density at radius 2 is 2.06 bits per heavy atom. The van der Waals surface area contributed by atoms with Gasteiger partial charge in [-0.1, -0.05) is 0 Å². The zero-order chi connectivity index (χ0) is 12.3. The Labute approximate surface area is 102 Å². The molecule has 90 valence electrons. The van der Waals surface area contributed by atoms with Gasteiger partial charge in [0, 0.05) is 5.71 Å².